The molecule has 0 aliphatic carbocycles. The summed E-state index contributed by atoms with van der Waals surface area (Å²) in [4.78, 5) is 24.2. The molecule has 0 radical (unpaired) electrons. The Morgan fingerprint density at radius 3 is 2.15 bits per heavy atom. The highest BCUT2D eigenvalue weighted by molar-refractivity contribution is 5.87. The average molecular weight is 382 g/mol. The fourth-order valence-electron chi connectivity index (χ4n) is 2.77. The lowest BCUT2D eigenvalue weighted by Crippen LogP contribution is -2.53. The highest BCUT2D eigenvalue weighted by Gasteiger charge is 2.26. The lowest BCUT2D eigenvalue weighted by atomic mass is 9.92. The molecular formula is C21H39N3O3. The highest BCUT2D eigenvalue weighted by Crippen LogP contribution is 2.15. The monoisotopic (exact) mass is 381 g/mol. The molecule has 0 saturated carbocycles. The van der Waals surface area contributed by atoms with Crippen LogP contribution in [0.25, 0.3) is 0 Å². The maximum absolute atomic E-state index is 12.5. The quantitative estimate of drug-likeness (QED) is 0.224. The van der Waals surface area contributed by atoms with Crippen LogP contribution in [0.4, 0.5) is 0 Å². The first-order valence-electron chi connectivity index (χ1n) is 10.0. The normalized spacial score (nSPS) is 16.2. The molecule has 0 rings (SSSR count). The van der Waals surface area contributed by atoms with E-state index in [1.165, 1.54) is 12.2 Å². The van der Waals surface area contributed by atoms with E-state index < -0.39 is 12.3 Å². The van der Waals surface area contributed by atoms with E-state index in [0.717, 1.165) is 12.8 Å². The van der Waals surface area contributed by atoms with Crippen molar-refractivity contribution in [3.63, 3.8) is 0 Å². The summed E-state index contributed by atoms with van der Waals surface area (Å²) < 4.78 is 0. The van der Waals surface area contributed by atoms with Crippen LogP contribution in [-0.2, 0) is 9.59 Å². The Morgan fingerprint density at radius 1 is 1.07 bits per heavy atom. The third kappa shape index (κ3) is 9.73. The molecule has 2 amide bonds. The van der Waals surface area contributed by atoms with Crippen molar-refractivity contribution in [3.05, 3.63) is 24.8 Å². The largest absolute Gasteiger partial charge is 0.376 e. The Balaban J connectivity index is 4.95. The lowest BCUT2D eigenvalue weighted by molar-refractivity contribution is -0.127. The number of carbonyl (C=O) groups excluding carboxylic acids is 2. The molecule has 0 aromatic rings. The van der Waals surface area contributed by atoms with E-state index in [9.17, 15) is 14.7 Å². The summed E-state index contributed by atoms with van der Waals surface area (Å²) in [5.41, 5.74) is 0. The molecule has 156 valence electrons. The molecular weight excluding hydrogens is 342 g/mol. The van der Waals surface area contributed by atoms with E-state index in [-0.39, 0.29) is 35.6 Å². The smallest absolute Gasteiger partial charge is 0.243 e. The van der Waals surface area contributed by atoms with E-state index in [0.29, 0.717) is 6.54 Å². The zero-order chi connectivity index (χ0) is 21.0. The molecule has 0 aromatic heterocycles. The molecule has 6 heteroatoms. The van der Waals surface area contributed by atoms with Crippen LogP contribution < -0.4 is 16.0 Å². The highest BCUT2D eigenvalue weighted by atomic mass is 16.3. The summed E-state index contributed by atoms with van der Waals surface area (Å²) in [6.45, 7) is 16.3. The van der Waals surface area contributed by atoms with Gasteiger partial charge in [-0.3, -0.25) is 14.9 Å². The fourth-order valence-corrected chi connectivity index (χ4v) is 2.77. The Morgan fingerprint density at radius 2 is 1.70 bits per heavy atom. The maximum atomic E-state index is 12.5. The van der Waals surface area contributed by atoms with Crippen LogP contribution >= 0.6 is 0 Å². The van der Waals surface area contributed by atoms with E-state index in [4.69, 9.17) is 0 Å². The maximum Gasteiger partial charge on any atom is 0.243 e. The van der Waals surface area contributed by atoms with E-state index in [1.54, 1.807) is 6.08 Å². The SMILES string of the molecule is C=CC(NC(=O)C(CC)C(C)C)C(O)NC(C=CC(=O)NCCC)C(C)C. The van der Waals surface area contributed by atoms with Crippen molar-refractivity contribution >= 4 is 11.8 Å². The lowest BCUT2D eigenvalue weighted by Gasteiger charge is -2.29. The molecule has 4 unspecified atom stereocenters. The summed E-state index contributed by atoms with van der Waals surface area (Å²) in [5.74, 6) is 0.0141. The van der Waals surface area contributed by atoms with Crippen molar-refractivity contribution in [2.45, 2.75) is 72.7 Å². The first kappa shape index (κ1) is 25.3. The molecule has 0 bridgehead atoms. The zero-order valence-corrected chi connectivity index (χ0v) is 17.8. The number of carbonyl (C=O) groups is 2. The van der Waals surface area contributed by atoms with Crippen molar-refractivity contribution in [2.75, 3.05) is 6.54 Å². The Hall–Kier alpha value is -1.66. The van der Waals surface area contributed by atoms with Gasteiger partial charge in [0.2, 0.25) is 11.8 Å². The first-order chi connectivity index (χ1) is 12.7. The van der Waals surface area contributed by atoms with Crippen molar-refractivity contribution in [1.29, 1.82) is 0 Å². The number of nitrogens with one attached hydrogen (secondary N) is 3. The van der Waals surface area contributed by atoms with Gasteiger partial charge in [0.15, 0.2) is 0 Å². The molecule has 0 saturated heterocycles. The van der Waals surface area contributed by atoms with Gasteiger partial charge in [0.25, 0.3) is 0 Å². The van der Waals surface area contributed by atoms with Gasteiger partial charge >= 0.3 is 0 Å². The van der Waals surface area contributed by atoms with Gasteiger partial charge in [-0.2, -0.15) is 0 Å². The third-order valence-corrected chi connectivity index (χ3v) is 4.57. The molecule has 0 spiro atoms. The summed E-state index contributed by atoms with van der Waals surface area (Å²) in [6, 6.07) is -0.840. The van der Waals surface area contributed by atoms with E-state index >= 15 is 0 Å². The summed E-state index contributed by atoms with van der Waals surface area (Å²) in [6.07, 6.45) is 5.35. The summed E-state index contributed by atoms with van der Waals surface area (Å²) >= 11 is 0. The van der Waals surface area contributed by atoms with E-state index in [2.05, 4.69) is 22.5 Å². The molecule has 0 aliphatic heterocycles. The van der Waals surface area contributed by atoms with Gasteiger partial charge in [0, 0.05) is 24.6 Å². The average Bonchev–Trinajstić information content (AvgIpc) is 2.60. The predicted molar refractivity (Wildman–Crippen MR) is 111 cm³/mol. The summed E-state index contributed by atoms with van der Waals surface area (Å²) in [5, 5.41) is 19.3. The number of rotatable bonds is 13. The number of aliphatic hydroxyl groups is 1. The van der Waals surface area contributed by atoms with Crippen LogP contribution in [0.3, 0.4) is 0 Å². The van der Waals surface area contributed by atoms with Crippen LogP contribution in [0.2, 0.25) is 0 Å². The zero-order valence-electron chi connectivity index (χ0n) is 17.8. The second kappa shape index (κ2) is 13.5. The first-order valence-corrected chi connectivity index (χ1v) is 10.0. The van der Waals surface area contributed by atoms with Crippen LogP contribution in [0, 0.1) is 17.8 Å². The minimum absolute atomic E-state index is 0.0890. The molecule has 4 N–H and O–H groups in total. The molecule has 6 nitrogen and oxygen atoms in total. The van der Waals surface area contributed by atoms with Gasteiger partial charge in [-0.05, 0) is 24.7 Å². The third-order valence-electron chi connectivity index (χ3n) is 4.57. The molecule has 0 aliphatic rings. The number of aliphatic hydroxyl groups excluding tert-OH is 1. The predicted octanol–water partition coefficient (Wildman–Crippen LogP) is 2.35. The molecule has 0 aromatic carbocycles. The second-order valence-corrected chi connectivity index (χ2v) is 7.56. The van der Waals surface area contributed by atoms with Gasteiger partial charge in [-0.1, -0.05) is 53.7 Å². The van der Waals surface area contributed by atoms with Crippen molar-refractivity contribution in [3.8, 4) is 0 Å². The minimum atomic E-state index is -1.01. The number of hydrogen-bond donors (Lipinski definition) is 4. The Kier molecular flexibility index (Phi) is 12.7. The van der Waals surface area contributed by atoms with Gasteiger partial charge < -0.3 is 15.7 Å². The Labute approximate surface area is 164 Å². The molecule has 27 heavy (non-hydrogen) atoms. The van der Waals surface area contributed by atoms with Crippen molar-refractivity contribution in [2.24, 2.45) is 17.8 Å². The van der Waals surface area contributed by atoms with Gasteiger partial charge in [-0.15, -0.1) is 6.58 Å². The van der Waals surface area contributed by atoms with Gasteiger partial charge in [0.1, 0.15) is 6.23 Å². The van der Waals surface area contributed by atoms with Crippen LogP contribution in [0.5, 0.6) is 0 Å². The van der Waals surface area contributed by atoms with Crippen molar-refractivity contribution in [1.82, 2.24) is 16.0 Å². The topological polar surface area (TPSA) is 90.5 Å². The molecule has 0 fully saturated rings. The van der Waals surface area contributed by atoms with Gasteiger partial charge in [0.05, 0.1) is 6.04 Å². The standard InChI is InChI=1S/C21H39N3O3/c1-8-13-22-19(25)12-11-18(15(6)7)24-21(27)17(10-3)23-20(26)16(9-2)14(4)5/h10-12,14-18,21,24,27H,3,8-9,13H2,1-2,4-7H3,(H,22,25)(H,23,26). The Bertz CT molecular complexity index is 489. The van der Waals surface area contributed by atoms with Crippen molar-refractivity contribution < 1.29 is 14.7 Å². The minimum Gasteiger partial charge on any atom is -0.376 e. The molecule has 4 atom stereocenters. The second-order valence-electron chi connectivity index (χ2n) is 7.56. The van der Waals surface area contributed by atoms with E-state index in [1.807, 2.05) is 41.5 Å². The van der Waals surface area contributed by atoms with Crippen LogP contribution in [-0.4, -0.2) is 41.8 Å². The van der Waals surface area contributed by atoms with Crippen LogP contribution in [0.1, 0.15) is 54.4 Å². The summed E-state index contributed by atoms with van der Waals surface area (Å²) in [7, 11) is 0. The fraction of sp³-hybridized carbons (Fsp3) is 0.714. The molecule has 0 heterocycles. The van der Waals surface area contributed by atoms with Crippen LogP contribution in [0.15, 0.2) is 24.8 Å². The number of amides is 2. The number of hydrogen-bond acceptors (Lipinski definition) is 4. The van der Waals surface area contributed by atoms with Gasteiger partial charge in [-0.25, -0.2) is 0 Å².